The largest absolute Gasteiger partial charge is 1.00 e. The molecule has 0 atom stereocenters. The summed E-state index contributed by atoms with van der Waals surface area (Å²) in [6, 6.07) is 0. The second-order valence-corrected chi connectivity index (χ2v) is 1.65. The van der Waals surface area contributed by atoms with E-state index in [1.165, 1.54) is 25.7 Å². The SMILES string of the molecule is [C-]1=CCCCC1.[K+]. The Bertz CT molecular complexity index is 49.2. The molecule has 0 N–H and O–H groups in total. The van der Waals surface area contributed by atoms with Crippen LogP contribution in [0.15, 0.2) is 6.08 Å². The van der Waals surface area contributed by atoms with Crippen LogP contribution >= 0.6 is 0 Å². The van der Waals surface area contributed by atoms with Crippen molar-refractivity contribution in [2.45, 2.75) is 25.7 Å². The van der Waals surface area contributed by atoms with Gasteiger partial charge in [-0.3, -0.25) is 6.08 Å². The quantitative estimate of drug-likeness (QED) is 0.282. The molecule has 0 fully saturated rings. The van der Waals surface area contributed by atoms with Crippen LogP contribution in [0.5, 0.6) is 0 Å². The molecule has 0 aromatic carbocycles. The first-order valence-electron chi connectivity index (χ1n) is 2.55. The monoisotopic (exact) mass is 120 g/mol. The normalized spacial score (nSPS) is 18.3. The minimum atomic E-state index is 0. The van der Waals surface area contributed by atoms with Crippen LogP contribution in [0.1, 0.15) is 25.7 Å². The Morgan fingerprint density at radius 3 is 2.29 bits per heavy atom. The zero-order valence-corrected chi connectivity index (χ0v) is 8.03. The summed E-state index contributed by atoms with van der Waals surface area (Å²) in [5, 5.41) is 0. The van der Waals surface area contributed by atoms with Gasteiger partial charge < -0.3 is 6.08 Å². The van der Waals surface area contributed by atoms with E-state index in [0.717, 1.165) is 0 Å². The van der Waals surface area contributed by atoms with Crippen molar-refractivity contribution in [1.29, 1.82) is 0 Å². The van der Waals surface area contributed by atoms with Crippen LogP contribution < -0.4 is 51.4 Å². The third-order valence-electron chi connectivity index (χ3n) is 1.06. The van der Waals surface area contributed by atoms with Gasteiger partial charge in [0.05, 0.1) is 0 Å². The predicted octanol–water partition coefficient (Wildman–Crippen LogP) is -1.08. The van der Waals surface area contributed by atoms with Gasteiger partial charge in [-0.2, -0.15) is 6.42 Å². The molecule has 0 spiro atoms. The molecule has 0 aliphatic heterocycles. The van der Waals surface area contributed by atoms with Crippen LogP contribution in [-0.4, -0.2) is 0 Å². The Hall–Kier alpha value is 1.38. The van der Waals surface area contributed by atoms with Gasteiger partial charge in [-0.15, -0.1) is 0 Å². The van der Waals surface area contributed by atoms with Gasteiger partial charge in [-0.25, -0.2) is 0 Å². The van der Waals surface area contributed by atoms with Gasteiger partial charge in [0.2, 0.25) is 0 Å². The van der Waals surface area contributed by atoms with Crippen molar-refractivity contribution in [3.05, 3.63) is 12.2 Å². The van der Waals surface area contributed by atoms with Crippen molar-refractivity contribution in [2.75, 3.05) is 0 Å². The zero-order chi connectivity index (χ0) is 4.24. The molecule has 0 bridgehead atoms. The molecule has 0 saturated heterocycles. The predicted molar refractivity (Wildman–Crippen MR) is 26.3 cm³/mol. The molecule has 0 heterocycles. The molecule has 34 valence electrons. The van der Waals surface area contributed by atoms with E-state index >= 15 is 0 Å². The van der Waals surface area contributed by atoms with E-state index in [9.17, 15) is 0 Å². The molecular formula is C6H9K. The molecule has 0 nitrogen and oxygen atoms in total. The van der Waals surface area contributed by atoms with Gasteiger partial charge >= 0.3 is 51.4 Å². The first kappa shape index (κ1) is 8.38. The molecule has 0 amide bonds. The Kier molecular flexibility index (Phi) is 6.60. The van der Waals surface area contributed by atoms with E-state index in [1.807, 2.05) is 0 Å². The molecular weight excluding hydrogens is 111 g/mol. The minimum absolute atomic E-state index is 0. The van der Waals surface area contributed by atoms with Gasteiger partial charge in [-0.05, 0) is 0 Å². The molecule has 1 aliphatic carbocycles. The van der Waals surface area contributed by atoms with Crippen molar-refractivity contribution in [3.8, 4) is 0 Å². The fourth-order valence-electron chi connectivity index (χ4n) is 0.678. The maximum Gasteiger partial charge on any atom is 1.00 e. The van der Waals surface area contributed by atoms with E-state index in [0.29, 0.717) is 0 Å². The fourth-order valence-corrected chi connectivity index (χ4v) is 0.678. The summed E-state index contributed by atoms with van der Waals surface area (Å²) >= 11 is 0. The second-order valence-electron chi connectivity index (χ2n) is 1.65. The molecule has 0 saturated carbocycles. The van der Waals surface area contributed by atoms with Crippen LogP contribution in [0.2, 0.25) is 0 Å². The van der Waals surface area contributed by atoms with E-state index in [4.69, 9.17) is 0 Å². The van der Waals surface area contributed by atoms with Crippen LogP contribution in [-0.2, 0) is 0 Å². The summed E-state index contributed by atoms with van der Waals surface area (Å²) in [6.07, 6.45) is 10.5. The van der Waals surface area contributed by atoms with Crippen molar-refractivity contribution in [2.24, 2.45) is 0 Å². The van der Waals surface area contributed by atoms with Crippen molar-refractivity contribution in [3.63, 3.8) is 0 Å². The number of hydrogen-bond donors (Lipinski definition) is 0. The summed E-state index contributed by atoms with van der Waals surface area (Å²) in [5.74, 6) is 0. The summed E-state index contributed by atoms with van der Waals surface area (Å²) in [7, 11) is 0. The fraction of sp³-hybridized carbons (Fsp3) is 0.667. The molecule has 0 aromatic rings. The van der Waals surface area contributed by atoms with E-state index in [2.05, 4.69) is 12.2 Å². The third kappa shape index (κ3) is 3.92. The van der Waals surface area contributed by atoms with E-state index in [-0.39, 0.29) is 51.4 Å². The van der Waals surface area contributed by atoms with Gasteiger partial charge in [0.15, 0.2) is 0 Å². The van der Waals surface area contributed by atoms with Crippen molar-refractivity contribution < 1.29 is 51.4 Å². The number of hydrogen-bond acceptors (Lipinski definition) is 0. The summed E-state index contributed by atoms with van der Waals surface area (Å²) < 4.78 is 0. The molecule has 7 heavy (non-hydrogen) atoms. The Labute approximate surface area is 87.8 Å². The van der Waals surface area contributed by atoms with Gasteiger partial charge in [0.1, 0.15) is 0 Å². The topological polar surface area (TPSA) is 0 Å². The number of allylic oxidation sites excluding steroid dienone is 2. The maximum atomic E-state index is 3.16. The Morgan fingerprint density at radius 2 is 2.14 bits per heavy atom. The number of rotatable bonds is 0. The first-order chi connectivity index (χ1) is 3.00. The standard InChI is InChI=1S/C6H9.K/c1-2-4-6-5-3-1;/h1H,2,4-6H2;/q-1;+1. The van der Waals surface area contributed by atoms with Crippen LogP contribution in [0, 0.1) is 6.08 Å². The smallest absolute Gasteiger partial charge is 0.501 e. The molecule has 1 aliphatic rings. The third-order valence-corrected chi connectivity index (χ3v) is 1.06. The minimum Gasteiger partial charge on any atom is -0.501 e. The van der Waals surface area contributed by atoms with Crippen molar-refractivity contribution in [1.82, 2.24) is 0 Å². The summed E-state index contributed by atoms with van der Waals surface area (Å²) in [6.45, 7) is 0. The first-order valence-corrected chi connectivity index (χ1v) is 2.55. The Morgan fingerprint density at radius 1 is 1.29 bits per heavy atom. The van der Waals surface area contributed by atoms with Gasteiger partial charge in [0, 0.05) is 0 Å². The van der Waals surface area contributed by atoms with Gasteiger partial charge in [0.25, 0.3) is 0 Å². The van der Waals surface area contributed by atoms with Crippen molar-refractivity contribution >= 4 is 0 Å². The second kappa shape index (κ2) is 5.51. The van der Waals surface area contributed by atoms with Crippen LogP contribution in [0.4, 0.5) is 0 Å². The summed E-state index contributed by atoms with van der Waals surface area (Å²) in [4.78, 5) is 0. The van der Waals surface area contributed by atoms with Crippen LogP contribution in [0.3, 0.4) is 0 Å². The molecule has 0 radical (unpaired) electrons. The Balaban J connectivity index is 0.000000360. The van der Waals surface area contributed by atoms with Gasteiger partial charge in [-0.1, -0.05) is 19.3 Å². The molecule has 1 rings (SSSR count). The van der Waals surface area contributed by atoms with Crippen LogP contribution in [0.25, 0.3) is 0 Å². The molecule has 1 heteroatoms. The average molecular weight is 120 g/mol. The molecule has 0 unspecified atom stereocenters. The summed E-state index contributed by atoms with van der Waals surface area (Å²) in [5.41, 5.74) is 0. The van der Waals surface area contributed by atoms with E-state index < -0.39 is 0 Å². The molecule has 0 aromatic heterocycles. The van der Waals surface area contributed by atoms with E-state index in [1.54, 1.807) is 0 Å². The average Bonchev–Trinajstić information content (AvgIpc) is 1.72. The maximum absolute atomic E-state index is 3.16. The zero-order valence-electron chi connectivity index (χ0n) is 4.91.